The fourth-order valence-corrected chi connectivity index (χ4v) is 3.53. The van der Waals surface area contributed by atoms with E-state index in [9.17, 15) is 0 Å². The largest absolute Gasteiger partial charge is 0.495 e. The van der Waals surface area contributed by atoms with Gasteiger partial charge < -0.3 is 15.2 Å². The van der Waals surface area contributed by atoms with E-state index in [-0.39, 0.29) is 5.60 Å². The highest BCUT2D eigenvalue weighted by Gasteiger charge is 2.46. The lowest BCUT2D eigenvalue weighted by Gasteiger charge is -2.46. The molecule has 0 bridgehead atoms. The van der Waals surface area contributed by atoms with Crippen LogP contribution in [0.25, 0.3) is 11.1 Å². The summed E-state index contributed by atoms with van der Waals surface area (Å²) in [5.41, 5.74) is 9.71. The first-order valence-corrected chi connectivity index (χ1v) is 7.48. The maximum Gasteiger partial charge on any atom is 0.137 e. The summed E-state index contributed by atoms with van der Waals surface area (Å²) in [5.74, 6) is 1.55. The van der Waals surface area contributed by atoms with Gasteiger partial charge in [-0.05, 0) is 49.1 Å². The van der Waals surface area contributed by atoms with Crippen molar-refractivity contribution in [3.63, 3.8) is 0 Å². The molecule has 1 aliphatic heterocycles. The van der Waals surface area contributed by atoms with E-state index >= 15 is 0 Å². The van der Waals surface area contributed by atoms with Gasteiger partial charge in [0.15, 0.2) is 0 Å². The van der Waals surface area contributed by atoms with Crippen molar-refractivity contribution in [2.45, 2.75) is 24.9 Å². The highest BCUT2D eigenvalue weighted by molar-refractivity contribution is 6.32. The van der Waals surface area contributed by atoms with Crippen LogP contribution in [-0.4, -0.2) is 7.11 Å². The van der Waals surface area contributed by atoms with Gasteiger partial charge in [0, 0.05) is 22.9 Å². The Bertz CT molecular complexity index is 738. The summed E-state index contributed by atoms with van der Waals surface area (Å²) in [4.78, 5) is 0. The van der Waals surface area contributed by atoms with E-state index in [0.29, 0.717) is 16.5 Å². The highest BCUT2D eigenvalue weighted by atomic mass is 35.5. The van der Waals surface area contributed by atoms with Crippen molar-refractivity contribution in [3.8, 4) is 22.6 Å². The second-order valence-electron chi connectivity index (χ2n) is 5.74. The van der Waals surface area contributed by atoms with Crippen LogP contribution in [0.15, 0.2) is 30.3 Å². The van der Waals surface area contributed by atoms with Crippen molar-refractivity contribution in [1.29, 1.82) is 0 Å². The van der Waals surface area contributed by atoms with Gasteiger partial charge in [-0.3, -0.25) is 0 Å². The first kappa shape index (κ1) is 12.8. The van der Waals surface area contributed by atoms with Gasteiger partial charge in [-0.15, -0.1) is 0 Å². The third-order valence-electron chi connectivity index (χ3n) is 4.55. The quantitative estimate of drug-likeness (QED) is 0.796. The number of hydrogen-bond acceptors (Lipinski definition) is 3. The minimum Gasteiger partial charge on any atom is -0.495 e. The molecule has 108 valence electrons. The van der Waals surface area contributed by atoms with Crippen molar-refractivity contribution in [2.75, 3.05) is 12.8 Å². The van der Waals surface area contributed by atoms with E-state index in [1.165, 1.54) is 12.0 Å². The number of anilines is 1. The van der Waals surface area contributed by atoms with Gasteiger partial charge in [-0.2, -0.15) is 0 Å². The van der Waals surface area contributed by atoms with Crippen LogP contribution in [0.3, 0.4) is 0 Å². The first-order valence-electron chi connectivity index (χ1n) is 7.10. The normalized spacial score (nSPS) is 17.4. The third kappa shape index (κ3) is 1.74. The molecule has 1 heterocycles. The van der Waals surface area contributed by atoms with E-state index in [1.54, 1.807) is 7.11 Å². The minimum atomic E-state index is -0.242. The Morgan fingerprint density at radius 2 is 2.00 bits per heavy atom. The molecular weight excluding hydrogens is 286 g/mol. The Kier molecular flexibility index (Phi) is 2.64. The lowest BCUT2D eigenvalue weighted by Crippen LogP contribution is -2.42. The topological polar surface area (TPSA) is 44.5 Å². The van der Waals surface area contributed by atoms with Gasteiger partial charge in [0.1, 0.15) is 17.1 Å². The van der Waals surface area contributed by atoms with Crippen molar-refractivity contribution in [3.05, 3.63) is 40.9 Å². The molecule has 0 radical (unpaired) electrons. The molecule has 2 aromatic rings. The molecule has 0 atom stereocenters. The molecule has 0 saturated heterocycles. The maximum atomic E-state index is 6.32. The van der Waals surface area contributed by atoms with Crippen LogP contribution in [0, 0.1) is 0 Å². The lowest BCUT2D eigenvalue weighted by molar-refractivity contribution is -0.0144. The van der Waals surface area contributed by atoms with E-state index in [4.69, 9.17) is 26.8 Å². The van der Waals surface area contributed by atoms with Crippen LogP contribution in [0.1, 0.15) is 24.8 Å². The zero-order chi connectivity index (χ0) is 14.6. The van der Waals surface area contributed by atoms with Crippen LogP contribution in [0.4, 0.5) is 5.69 Å². The van der Waals surface area contributed by atoms with Gasteiger partial charge in [0.25, 0.3) is 0 Å². The van der Waals surface area contributed by atoms with Gasteiger partial charge in [0.05, 0.1) is 12.1 Å². The summed E-state index contributed by atoms with van der Waals surface area (Å²) in [6, 6.07) is 9.79. The molecule has 1 saturated carbocycles. The number of ether oxygens (including phenoxy) is 2. The molecule has 1 aliphatic carbocycles. The van der Waals surface area contributed by atoms with Gasteiger partial charge in [-0.25, -0.2) is 0 Å². The maximum absolute atomic E-state index is 6.32. The van der Waals surface area contributed by atoms with Crippen molar-refractivity contribution in [1.82, 2.24) is 0 Å². The van der Waals surface area contributed by atoms with Crippen LogP contribution in [-0.2, 0) is 5.60 Å². The van der Waals surface area contributed by atoms with Crippen molar-refractivity contribution < 1.29 is 9.47 Å². The summed E-state index contributed by atoms with van der Waals surface area (Å²) in [5, 5.41) is 0.621. The van der Waals surface area contributed by atoms with Gasteiger partial charge in [-0.1, -0.05) is 11.6 Å². The fourth-order valence-electron chi connectivity index (χ4n) is 3.29. The fraction of sp³-hybridized carbons (Fsp3) is 0.294. The molecule has 3 nitrogen and oxygen atoms in total. The van der Waals surface area contributed by atoms with Crippen molar-refractivity contribution in [2.24, 2.45) is 0 Å². The zero-order valence-corrected chi connectivity index (χ0v) is 12.5. The Morgan fingerprint density at radius 1 is 1.19 bits per heavy atom. The standard InChI is InChI=1S/C17H16ClNO2/c1-20-16-9-13-12(8-14(16)18)11-4-3-10(19)7-15(11)21-17(13)5-2-6-17/h3-4,7-9H,2,5-6,19H2,1H3. The average Bonchev–Trinajstić information content (AvgIpc) is 2.43. The molecule has 0 aromatic heterocycles. The number of rotatable bonds is 1. The predicted molar refractivity (Wildman–Crippen MR) is 84.0 cm³/mol. The first-order chi connectivity index (χ1) is 10.1. The molecule has 4 rings (SSSR count). The zero-order valence-electron chi connectivity index (χ0n) is 11.8. The minimum absolute atomic E-state index is 0.242. The molecular formula is C17H16ClNO2. The second kappa shape index (κ2) is 4.31. The number of benzene rings is 2. The molecule has 21 heavy (non-hydrogen) atoms. The molecule has 1 fully saturated rings. The van der Waals surface area contributed by atoms with Crippen LogP contribution >= 0.6 is 11.6 Å². The number of hydrogen-bond donors (Lipinski definition) is 1. The predicted octanol–water partition coefficient (Wildman–Crippen LogP) is 4.37. The van der Waals surface area contributed by atoms with Crippen LogP contribution < -0.4 is 15.2 Å². The summed E-state index contributed by atoms with van der Waals surface area (Å²) in [6.07, 6.45) is 3.19. The van der Waals surface area contributed by atoms with Crippen LogP contribution in [0.5, 0.6) is 11.5 Å². The Labute approximate surface area is 128 Å². The second-order valence-corrected chi connectivity index (χ2v) is 6.15. The molecule has 2 aliphatic rings. The molecule has 4 heteroatoms. The Balaban J connectivity index is 2.00. The summed E-state index contributed by atoms with van der Waals surface area (Å²) >= 11 is 6.32. The average molecular weight is 302 g/mol. The summed E-state index contributed by atoms with van der Waals surface area (Å²) in [7, 11) is 1.64. The monoisotopic (exact) mass is 301 g/mol. The molecule has 2 N–H and O–H groups in total. The van der Waals surface area contributed by atoms with Crippen molar-refractivity contribution >= 4 is 17.3 Å². The van der Waals surface area contributed by atoms with E-state index in [0.717, 1.165) is 29.7 Å². The number of halogens is 1. The Morgan fingerprint density at radius 3 is 2.67 bits per heavy atom. The summed E-state index contributed by atoms with van der Waals surface area (Å²) in [6.45, 7) is 0. The Hall–Kier alpha value is -1.87. The smallest absolute Gasteiger partial charge is 0.137 e. The molecule has 0 unspecified atom stereocenters. The SMILES string of the molecule is COc1cc2c(cc1Cl)-c1ccc(N)cc1OC21CCC1. The van der Waals surface area contributed by atoms with Gasteiger partial charge >= 0.3 is 0 Å². The van der Waals surface area contributed by atoms with Crippen LogP contribution in [0.2, 0.25) is 5.02 Å². The molecule has 1 spiro atoms. The van der Waals surface area contributed by atoms with E-state index in [2.05, 4.69) is 0 Å². The summed E-state index contributed by atoms with van der Waals surface area (Å²) < 4.78 is 11.7. The lowest BCUT2D eigenvalue weighted by atomic mass is 9.71. The molecule has 2 aromatic carbocycles. The number of nitrogens with two attached hydrogens (primary N) is 1. The third-order valence-corrected chi connectivity index (χ3v) is 4.84. The highest BCUT2D eigenvalue weighted by Crippen LogP contribution is 2.55. The van der Waals surface area contributed by atoms with Gasteiger partial charge in [0.2, 0.25) is 0 Å². The molecule has 0 amide bonds. The number of fused-ring (bicyclic) bond motifs is 4. The van der Waals surface area contributed by atoms with E-state index < -0.39 is 0 Å². The number of nitrogen functional groups attached to an aromatic ring is 1. The van der Waals surface area contributed by atoms with E-state index in [1.807, 2.05) is 30.3 Å². The number of methoxy groups -OCH3 is 1.